The number of anilines is 2. The molecule has 3 rings (SSSR count). The highest BCUT2D eigenvalue weighted by atomic mass is 16.1. The fourth-order valence-electron chi connectivity index (χ4n) is 1.99. The lowest BCUT2D eigenvalue weighted by atomic mass is 10.2. The average Bonchev–Trinajstić information content (AvgIpc) is 2.74. The Hall–Kier alpha value is -2.63. The number of rotatable bonds is 2. The van der Waals surface area contributed by atoms with Gasteiger partial charge in [-0.3, -0.25) is 14.5 Å². The molecule has 3 heterocycles. The SMILES string of the molecule is Cc1ccncc1Nc1cc(=O)[nH]c2c1cnn2C. The third-order valence-electron chi connectivity index (χ3n) is 3.05. The molecule has 0 unspecified atom stereocenters. The topological polar surface area (TPSA) is 75.6 Å². The number of aryl methyl sites for hydroxylation is 2. The number of aromatic amines is 1. The van der Waals surface area contributed by atoms with Gasteiger partial charge in [-0.2, -0.15) is 5.10 Å². The maximum atomic E-state index is 11.7. The smallest absolute Gasteiger partial charge is 0.251 e. The Morgan fingerprint density at radius 3 is 2.95 bits per heavy atom. The summed E-state index contributed by atoms with van der Waals surface area (Å²) >= 11 is 0. The van der Waals surface area contributed by atoms with Gasteiger partial charge in [0.15, 0.2) is 0 Å². The summed E-state index contributed by atoms with van der Waals surface area (Å²) in [7, 11) is 1.79. The summed E-state index contributed by atoms with van der Waals surface area (Å²) in [6.07, 6.45) is 5.19. The van der Waals surface area contributed by atoms with Gasteiger partial charge < -0.3 is 10.3 Å². The second kappa shape index (κ2) is 4.24. The Morgan fingerprint density at radius 1 is 1.32 bits per heavy atom. The van der Waals surface area contributed by atoms with E-state index in [0.29, 0.717) is 5.65 Å². The highest BCUT2D eigenvalue weighted by Gasteiger charge is 2.08. The third kappa shape index (κ3) is 1.97. The number of hydrogen-bond donors (Lipinski definition) is 2. The molecule has 0 aliphatic heterocycles. The van der Waals surface area contributed by atoms with Gasteiger partial charge in [-0.1, -0.05) is 0 Å². The molecule has 0 spiro atoms. The summed E-state index contributed by atoms with van der Waals surface area (Å²) in [5.41, 5.74) is 3.19. The molecule has 0 atom stereocenters. The number of hydrogen-bond acceptors (Lipinski definition) is 4. The van der Waals surface area contributed by atoms with Crippen molar-refractivity contribution in [2.45, 2.75) is 6.92 Å². The first kappa shape index (κ1) is 11.5. The van der Waals surface area contributed by atoms with Gasteiger partial charge in [-0.25, -0.2) is 0 Å². The highest BCUT2D eigenvalue weighted by molar-refractivity contribution is 5.90. The van der Waals surface area contributed by atoms with Gasteiger partial charge in [-0.15, -0.1) is 0 Å². The fraction of sp³-hybridized carbons (Fsp3) is 0.154. The predicted octanol–water partition coefficient (Wildman–Crippen LogP) is 1.71. The minimum absolute atomic E-state index is 0.167. The van der Waals surface area contributed by atoms with Crippen LogP contribution in [0.3, 0.4) is 0 Å². The average molecular weight is 255 g/mol. The van der Waals surface area contributed by atoms with E-state index in [1.54, 1.807) is 30.3 Å². The Labute approximate surface area is 109 Å². The Morgan fingerprint density at radius 2 is 2.16 bits per heavy atom. The molecule has 0 aliphatic carbocycles. The molecule has 0 radical (unpaired) electrons. The summed E-state index contributed by atoms with van der Waals surface area (Å²) in [5, 5.41) is 8.25. The van der Waals surface area contributed by atoms with Crippen LogP contribution in [-0.2, 0) is 7.05 Å². The lowest BCUT2D eigenvalue weighted by molar-refractivity contribution is 0.785. The highest BCUT2D eigenvalue weighted by Crippen LogP contribution is 2.24. The van der Waals surface area contributed by atoms with Gasteiger partial charge in [0.1, 0.15) is 5.65 Å². The standard InChI is InChI=1S/C13H13N5O/c1-8-3-4-14-7-11(8)16-10-5-12(19)17-13-9(10)6-15-18(13)2/h3-7H,1-2H3,(H2,16,17,19). The molecular formula is C13H13N5O. The summed E-state index contributed by atoms with van der Waals surface area (Å²) in [5.74, 6) is 0. The molecule has 0 saturated heterocycles. The van der Waals surface area contributed by atoms with E-state index in [4.69, 9.17) is 0 Å². The van der Waals surface area contributed by atoms with E-state index < -0.39 is 0 Å². The first-order valence-corrected chi connectivity index (χ1v) is 5.88. The van der Waals surface area contributed by atoms with Crippen LogP contribution in [0.15, 0.2) is 35.5 Å². The van der Waals surface area contributed by atoms with Gasteiger partial charge in [-0.05, 0) is 18.6 Å². The molecule has 0 aliphatic rings. The van der Waals surface area contributed by atoms with Gasteiger partial charge in [0.05, 0.1) is 29.2 Å². The van der Waals surface area contributed by atoms with Gasteiger partial charge in [0.2, 0.25) is 0 Å². The van der Waals surface area contributed by atoms with Crippen LogP contribution in [0.1, 0.15) is 5.56 Å². The molecule has 6 heteroatoms. The van der Waals surface area contributed by atoms with E-state index >= 15 is 0 Å². The minimum Gasteiger partial charge on any atom is -0.353 e. The van der Waals surface area contributed by atoms with E-state index in [0.717, 1.165) is 22.3 Å². The lowest BCUT2D eigenvalue weighted by Crippen LogP contribution is -2.08. The van der Waals surface area contributed by atoms with E-state index in [1.165, 1.54) is 6.07 Å². The Kier molecular flexibility index (Phi) is 2.56. The molecule has 0 aromatic carbocycles. The number of aromatic nitrogens is 4. The maximum Gasteiger partial charge on any atom is 0.251 e. The Balaban J connectivity index is 2.16. The van der Waals surface area contributed by atoms with Crippen molar-refractivity contribution >= 4 is 22.4 Å². The normalized spacial score (nSPS) is 10.8. The quantitative estimate of drug-likeness (QED) is 0.731. The second-order valence-electron chi connectivity index (χ2n) is 4.39. The number of H-pyrrole nitrogens is 1. The molecule has 19 heavy (non-hydrogen) atoms. The van der Waals surface area contributed by atoms with Crippen LogP contribution >= 0.6 is 0 Å². The summed E-state index contributed by atoms with van der Waals surface area (Å²) in [6.45, 7) is 1.98. The molecule has 96 valence electrons. The van der Waals surface area contributed by atoms with Crippen molar-refractivity contribution in [2.24, 2.45) is 7.05 Å². The Bertz CT molecular complexity index is 802. The second-order valence-corrected chi connectivity index (χ2v) is 4.39. The molecule has 3 aromatic heterocycles. The number of fused-ring (bicyclic) bond motifs is 1. The zero-order valence-electron chi connectivity index (χ0n) is 10.6. The van der Waals surface area contributed by atoms with Crippen LogP contribution in [0.5, 0.6) is 0 Å². The van der Waals surface area contributed by atoms with Crippen molar-refractivity contribution in [3.63, 3.8) is 0 Å². The van der Waals surface area contributed by atoms with E-state index in [-0.39, 0.29) is 5.56 Å². The molecular weight excluding hydrogens is 242 g/mol. The van der Waals surface area contributed by atoms with Crippen LogP contribution in [0.4, 0.5) is 11.4 Å². The van der Waals surface area contributed by atoms with Crippen molar-refractivity contribution in [3.8, 4) is 0 Å². The van der Waals surface area contributed by atoms with Crippen molar-refractivity contribution < 1.29 is 0 Å². The van der Waals surface area contributed by atoms with Crippen LogP contribution in [0, 0.1) is 6.92 Å². The lowest BCUT2D eigenvalue weighted by Gasteiger charge is -2.09. The van der Waals surface area contributed by atoms with E-state index in [9.17, 15) is 4.79 Å². The van der Waals surface area contributed by atoms with Crippen LogP contribution in [0.2, 0.25) is 0 Å². The zero-order chi connectivity index (χ0) is 13.4. The minimum atomic E-state index is -0.167. The van der Waals surface area contributed by atoms with Crippen molar-refractivity contribution in [3.05, 3.63) is 46.6 Å². The summed E-state index contributed by atoms with van der Waals surface area (Å²) in [4.78, 5) is 18.5. The monoisotopic (exact) mass is 255 g/mol. The largest absolute Gasteiger partial charge is 0.353 e. The van der Waals surface area contributed by atoms with E-state index in [2.05, 4.69) is 20.4 Å². The maximum absolute atomic E-state index is 11.7. The van der Waals surface area contributed by atoms with Crippen molar-refractivity contribution in [1.29, 1.82) is 0 Å². The van der Waals surface area contributed by atoms with Gasteiger partial charge in [0, 0.05) is 19.3 Å². The summed E-state index contributed by atoms with van der Waals surface area (Å²) < 4.78 is 1.64. The molecule has 6 nitrogen and oxygen atoms in total. The zero-order valence-corrected chi connectivity index (χ0v) is 10.6. The molecule has 0 fully saturated rings. The first-order valence-electron chi connectivity index (χ1n) is 5.88. The van der Waals surface area contributed by atoms with Crippen LogP contribution < -0.4 is 10.9 Å². The fourth-order valence-corrected chi connectivity index (χ4v) is 1.99. The van der Waals surface area contributed by atoms with Crippen LogP contribution in [0.25, 0.3) is 11.0 Å². The number of nitrogens with one attached hydrogen (secondary N) is 2. The summed E-state index contributed by atoms with van der Waals surface area (Å²) in [6, 6.07) is 3.44. The molecule has 0 bridgehead atoms. The van der Waals surface area contributed by atoms with Crippen LogP contribution in [-0.4, -0.2) is 19.7 Å². The third-order valence-corrected chi connectivity index (χ3v) is 3.05. The molecule has 0 amide bonds. The first-order chi connectivity index (χ1) is 9.15. The number of pyridine rings is 2. The van der Waals surface area contributed by atoms with E-state index in [1.807, 2.05) is 13.0 Å². The molecule has 2 N–H and O–H groups in total. The number of nitrogens with zero attached hydrogens (tertiary/aromatic N) is 3. The van der Waals surface area contributed by atoms with Gasteiger partial charge >= 0.3 is 0 Å². The molecule has 0 saturated carbocycles. The molecule has 3 aromatic rings. The predicted molar refractivity (Wildman–Crippen MR) is 73.6 cm³/mol. The van der Waals surface area contributed by atoms with Gasteiger partial charge in [0.25, 0.3) is 5.56 Å². The van der Waals surface area contributed by atoms with Crippen molar-refractivity contribution in [1.82, 2.24) is 19.7 Å². The van der Waals surface area contributed by atoms with Crippen molar-refractivity contribution in [2.75, 3.05) is 5.32 Å².